The topological polar surface area (TPSA) is 116 Å². The second-order valence-corrected chi connectivity index (χ2v) is 7.47. The molecule has 0 bridgehead atoms. The Balaban J connectivity index is 1.49. The summed E-state index contributed by atoms with van der Waals surface area (Å²) in [5, 5.41) is 17.9. The van der Waals surface area contributed by atoms with Gasteiger partial charge in [0.05, 0.1) is 18.3 Å². The van der Waals surface area contributed by atoms with Crippen molar-refractivity contribution in [3.8, 4) is 0 Å². The number of amides is 1. The molecule has 3 aromatic heterocycles. The number of carbonyl (C=O) groups is 2. The monoisotopic (exact) mass is 457 g/mol. The van der Waals surface area contributed by atoms with Gasteiger partial charge in [-0.1, -0.05) is 16.6 Å². The summed E-state index contributed by atoms with van der Waals surface area (Å²) in [6.07, 6.45) is -1.74. The van der Waals surface area contributed by atoms with Gasteiger partial charge in [0.2, 0.25) is 0 Å². The van der Waals surface area contributed by atoms with E-state index in [9.17, 15) is 27.2 Å². The number of halogens is 4. The zero-order chi connectivity index (χ0) is 22.4. The Hall–Kier alpha value is -3.29. The fourth-order valence-corrected chi connectivity index (χ4v) is 3.17. The van der Waals surface area contributed by atoms with Crippen molar-refractivity contribution in [1.29, 1.82) is 0 Å². The van der Waals surface area contributed by atoms with Gasteiger partial charge in [-0.25, -0.2) is 9.07 Å². The molecule has 0 fully saturated rings. The highest BCUT2D eigenvalue weighted by atomic mass is 32.1. The standard InChI is InChI=1S/C17H15F4N7O2S/c18-12(1-2-14-25-26-15(9-29)31-14)7-28-8-13(24-27-28)16(30)23-5-10-3-11(6-22-4-10)17(19,20)21/h3-4,6,8-9,12H,1-2,5,7H2,(H,23,30). The molecule has 0 aliphatic heterocycles. The third-order valence-corrected chi connectivity index (χ3v) is 4.89. The first kappa shape index (κ1) is 22.4. The van der Waals surface area contributed by atoms with Crippen molar-refractivity contribution in [3.05, 3.63) is 51.5 Å². The van der Waals surface area contributed by atoms with E-state index >= 15 is 0 Å². The predicted octanol–water partition coefficient (Wildman–Crippen LogP) is 2.26. The zero-order valence-corrected chi connectivity index (χ0v) is 16.5. The highest BCUT2D eigenvalue weighted by molar-refractivity contribution is 7.12. The highest BCUT2D eigenvalue weighted by Gasteiger charge is 2.31. The average molecular weight is 457 g/mol. The van der Waals surface area contributed by atoms with E-state index < -0.39 is 23.8 Å². The number of aldehydes is 1. The average Bonchev–Trinajstić information content (AvgIpc) is 3.39. The number of nitrogens with one attached hydrogen (secondary N) is 1. The summed E-state index contributed by atoms with van der Waals surface area (Å²) < 4.78 is 53.5. The van der Waals surface area contributed by atoms with Crippen LogP contribution in [0.3, 0.4) is 0 Å². The van der Waals surface area contributed by atoms with Gasteiger partial charge in [-0.05, 0) is 18.1 Å². The summed E-state index contributed by atoms with van der Waals surface area (Å²) in [7, 11) is 0. The Labute approximate surface area is 176 Å². The van der Waals surface area contributed by atoms with Crippen LogP contribution in [0.1, 0.15) is 42.8 Å². The van der Waals surface area contributed by atoms with Gasteiger partial charge in [0.15, 0.2) is 17.0 Å². The fraction of sp³-hybridized carbons (Fsp3) is 0.353. The molecule has 1 atom stereocenters. The SMILES string of the molecule is O=Cc1nnc(CCC(F)Cn2cc(C(=O)NCc3cncc(C(F)(F)F)c3)nn2)s1. The maximum Gasteiger partial charge on any atom is 0.417 e. The van der Waals surface area contributed by atoms with Gasteiger partial charge >= 0.3 is 6.18 Å². The molecule has 0 saturated heterocycles. The molecule has 1 amide bonds. The van der Waals surface area contributed by atoms with E-state index in [2.05, 4.69) is 30.8 Å². The summed E-state index contributed by atoms with van der Waals surface area (Å²) in [5.74, 6) is -0.672. The van der Waals surface area contributed by atoms with Crippen LogP contribution in [0.25, 0.3) is 0 Å². The van der Waals surface area contributed by atoms with E-state index in [1.165, 1.54) is 12.4 Å². The van der Waals surface area contributed by atoms with Crippen molar-refractivity contribution in [2.24, 2.45) is 0 Å². The molecule has 3 rings (SSSR count). The second kappa shape index (κ2) is 9.68. The molecule has 0 radical (unpaired) electrons. The number of hydrogen-bond donors (Lipinski definition) is 1. The molecule has 0 aliphatic rings. The second-order valence-electron chi connectivity index (χ2n) is 6.38. The molecule has 1 unspecified atom stereocenters. The molecule has 14 heteroatoms. The van der Waals surface area contributed by atoms with E-state index in [0.29, 0.717) is 23.9 Å². The van der Waals surface area contributed by atoms with Crippen LogP contribution in [-0.4, -0.2) is 48.5 Å². The van der Waals surface area contributed by atoms with Gasteiger partial charge in [0.1, 0.15) is 11.2 Å². The molecule has 3 heterocycles. The van der Waals surface area contributed by atoms with Gasteiger partial charge in [-0.3, -0.25) is 14.6 Å². The van der Waals surface area contributed by atoms with Crippen LogP contribution in [0.2, 0.25) is 0 Å². The van der Waals surface area contributed by atoms with E-state index in [1.807, 2.05) is 0 Å². The Morgan fingerprint density at radius 1 is 1.26 bits per heavy atom. The Bertz CT molecular complexity index is 1050. The largest absolute Gasteiger partial charge is 0.417 e. The number of aromatic nitrogens is 6. The number of carbonyl (C=O) groups excluding carboxylic acids is 2. The van der Waals surface area contributed by atoms with Crippen molar-refractivity contribution in [2.75, 3.05) is 0 Å². The third kappa shape index (κ3) is 6.34. The first-order valence-corrected chi connectivity index (χ1v) is 9.67. The lowest BCUT2D eigenvalue weighted by Gasteiger charge is -2.08. The number of nitrogens with zero attached hydrogens (tertiary/aromatic N) is 6. The normalized spacial score (nSPS) is 12.5. The summed E-state index contributed by atoms with van der Waals surface area (Å²) in [5.41, 5.74) is -0.865. The van der Waals surface area contributed by atoms with Crippen LogP contribution in [-0.2, 0) is 25.7 Å². The van der Waals surface area contributed by atoms with Crippen LogP contribution in [0.4, 0.5) is 17.6 Å². The van der Waals surface area contributed by atoms with Gasteiger partial charge in [-0.15, -0.1) is 15.3 Å². The van der Waals surface area contributed by atoms with Crippen LogP contribution in [0.15, 0.2) is 24.7 Å². The van der Waals surface area contributed by atoms with Crippen molar-refractivity contribution in [3.63, 3.8) is 0 Å². The van der Waals surface area contributed by atoms with Gasteiger partial charge < -0.3 is 5.32 Å². The van der Waals surface area contributed by atoms with E-state index in [1.54, 1.807) is 0 Å². The smallest absolute Gasteiger partial charge is 0.346 e. The fourth-order valence-electron chi connectivity index (χ4n) is 2.49. The number of hydrogen-bond acceptors (Lipinski definition) is 8. The first-order chi connectivity index (χ1) is 14.7. The number of aryl methyl sites for hydroxylation is 1. The van der Waals surface area contributed by atoms with Gasteiger partial charge in [-0.2, -0.15) is 13.2 Å². The number of alkyl halides is 4. The lowest BCUT2D eigenvalue weighted by Crippen LogP contribution is -2.23. The van der Waals surface area contributed by atoms with Crippen molar-refractivity contribution < 1.29 is 27.2 Å². The first-order valence-electron chi connectivity index (χ1n) is 8.85. The van der Waals surface area contributed by atoms with Crippen LogP contribution >= 0.6 is 11.3 Å². The molecule has 0 saturated carbocycles. The minimum Gasteiger partial charge on any atom is -0.346 e. The summed E-state index contributed by atoms with van der Waals surface area (Å²) >= 11 is 1.08. The van der Waals surface area contributed by atoms with Gasteiger partial charge in [0.25, 0.3) is 5.91 Å². The molecule has 31 heavy (non-hydrogen) atoms. The maximum atomic E-state index is 14.2. The molecule has 9 nitrogen and oxygen atoms in total. The molecule has 0 spiro atoms. The van der Waals surface area contributed by atoms with Crippen molar-refractivity contribution in [1.82, 2.24) is 35.5 Å². The summed E-state index contributed by atoms with van der Waals surface area (Å²) in [4.78, 5) is 26.2. The minimum atomic E-state index is -4.54. The zero-order valence-electron chi connectivity index (χ0n) is 15.7. The quantitative estimate of drug-likeness (QED) is 0.387. The molecular formula is C17H15F4N7O2S. The lowest BCUT2D eigenvalue weighted by atomic mass is 10.2. The molecule has 3 aromatic rings. The summed E-state index contributed by atoms with van der Waals surface area (Å²) in [6, 6.07) is 0.883. The minimum absolute atomic E-state index is 0.105. The Morgan fingerprint density at radius 2 is 2.06 bits per heavy atom. The van der Waals surface area contributed by atoms with E-state index in [-0.39, 0.29) is 35.8 Å². The lowest BCUT2D eigenvalue weighted by molar-refractivity contribution is -0.137. The van der Waals surface area contributed by atoms with E-state index in [0.717, 1.165) is 22.1 Å². The molecule has 0 aromatic carbocycles. The predicted molar refractivity (Wildman–Crippen MR) is 98.9 cm³/mol. The third-order valence-electron chi connectivity index (χ3n) is 3.99. The van der Waals surface area contributed by atoms with Gasteiger partial charge in [0, 0.05) is 25.4 Å². The maximum absolute atomic E-state index is 14.2. The van der Waals surface area contributed by atoms with E-state index in [4.69, 9.17) is 0 Å². The molecule has 164 valence electrons. The summed E-state index contributed by atoms with van der Waals surface area (Å²) in [6.45, 7) is -0.351. The van der Waals surface area contributed by atoms with Crippen molar-refractivity contribution >= 4 is 23.5 Å². The molecule has 0 aliphatic carbocycles. The van der Waals surface area contributed by atoms with Crippen LogP contribution in [0.5, 0.6) is 0 Å². The van der Waals surface area contributed by atoms with Crippen molar-refractivity contribution in [2.45, 2.75) is 38.3 Å². The molecule has 1 N–H and O–H groups in total. The Morgan fingerprint density at radius 3 is 2.77 bits per heavy atom. The number of rotatable bonds is 9. The highest BCUT2D eigenvalue weighted by Crippen LogP contribution is 2.28. The van der Waals surface area contributed by atoms with Crippen LogP contribution < -0.4 is 5.32 Å². The number of pyridine rings is 1. The Kier molecular flexibility index (Phi) is 6.99. The van der Waals surface area contributed by atoms with Crippen LogP contribution in [0, 0.1) is 0 Å². The molecular weight excluding hydrogens is 442 g/mol.